The third-order valence-corrected chi connectivity index (χ3v) is 5.91. The lowest BCUT2D eigenvalue weighted by Crippen LogP contribution is -2.41. The zero-order valence-corrected chi connectivity index (χ0v) is 20.5. The van der Waals surface area contributed by atoms with Crippen LogP contribution in [0.1, 0.15) is 56.0 Å². The molecule has 0 atom stereocenters. The third-order valence-electron chi connectivity index (χ3n) is 5.69. The second kappa shape index (κ2) is 10.8. The molecule has 0 fully saturated rings. The molecule has 0 spiro atoms. The lowest BCUT2D eigenvalue weighted by molar-refractivity contribution is -0.114. The van der Waals surface area contributed by atoms with E-state index in [9.17, 15) is 14.4 Å². The molecule has 0 unspecified atom stereocenters. The van der Waals surface area contributed by atoms with Crippen molar-refractivity contribution in [3.63, 3.8) is 0 Å². The summed E-state index contributed by atoms with van der Waals surface area (Å²) in [4.78, 5) is 45.8. The lowest BCUT2D eigenvalue weighted by atomic mass is 10.1. The maximum atomic E-state index is 13.0. The molecule has 1 N–H and O–H groups in total. The second-order valence-corrected chi connectivity index (χ2v) is 8.91. The van der Waals surface area contributed by atoms with E-state index in [0.717, 1.165) is 24.1 Å². The largest absolute Gasteiger partial charge is 0.339 e. The van der Waals surface area contributed by atoms with Gasteiger partial charge in [0.05, 0.1) is 5.56 Å². The molecular formula is C24H27ClN6O4. The van der Waals surface area contributed by atoms with Gasteiger partial charge in [0.15, 0.2) is 5.82 Å². The first-order chi connectivity index (χ1) is 16.9. The van der Waals surface area contributed by atoms with Crippen LogP contribution in [-0.2, 0) is 37.1 Å². The average Bonchev–Trinajstić information content (AvgIpc) is 3.43. The molecule has 35 heavy (non-hydrogen) atoms. The van der Waals surface area contributed by atoms with Crippen LogP contribution in [0.5, 0.6) is 0 Å². The van der Waals surface area contributed by atoms with Crippen molar-refractivity contribution in [1.82, 2.24) is 19.3 Å². The van der Waals surface area contributed by atoms with Gasteiger partial charge < -0.3 is 9.84 Å². The molecule has 0 saturated heterocycles. The summed E-state index contributed by atoms with van der Waals surface area (Å²) in [6.07, 6.45) is 3.38. The number of carbonyl (C=O) groups is 1. The van der Waals surface area contributed by atoms with Crippen LogP contribution in [0.15, 0.2) is 43.4 Å². The van der Waals surface area contributed by atoms with Crippen LogP contribution < -0.4 is 16.6 Å². The summed E-state index contributed by atoms with van der Waals surface area (Å²) in [6.45, 7) is 4.22. The van der Waals surface area contributed by atoms with Gasteiger partial charge in [-0.1, -0.05) is 42.2 Å². The molecule has 0 bridgehead atoms. The predicted octanol–water partition coefficient (Wildman–Crippen LogP) is 3.20. The number of aromatic nitrogens is 4. The summed E-state index contributed by atoms with van der Waals surface area (Å²) < 4.78 is 8.16. The van der Waals surface area contributed by atoms with Crippen LogP contribution in [0.2, 0.25) is 0 Å². The first-order valence-corrected chi connectivity index (χ1v) is 12.0. The zero-order valence-electron chi connectivity index (χ0n) is 19.7. The van der Waals surface area contributed by atoms with Gasteiger partial charge in [0, 0.05) is 45.0 Å². The van der Waals surface area contributed by atoms with Crippen molar-refractivity contribution in [2.45, 2.75) is 65.5 Å². The van der Waals surface area contributed by atoms with Gasteiger partial charge in [0.1, 0.15) is 11.0 Å². The number of anilines is 1. The average molecular weight is 499 g/mol. The molecule has 184 valence electrons. The third kappa shape index (κ3) is 5.76. The number of carbonyl (C=O) groups excluding carboxylic acids is 1. The highest BCUT2D eigenvalue weighted by Gasteiger charge is 2.24. The number of fused-ring (bicyclic) bond motifs is 1. The number of hydrogen-bond acceptors (Lipinski definition) is 7. The molecule has 2 aromatic heterocycles. The molecule has 1 aliphatic heterocycles. The Morgan fingerprint density at radius 3 is 2.60 bits per heavy atom. The van der Waals surface area contributed by atoms with E-state index < -0.39 is 0 Å². The van der Waals surface area contributed by atoms with Gasteiger partial charge in [0.2, 0.25) is 11.8 Å². The Morgan fingerprint density at radius 2 is 1.89 bits per heavy atom. The van der Waals surface area contributed by atoms with Crippen LogP contribution in [0.25, 0.3) is 0 Å². The van der Waals surface area contributed by atoms with E-state index >= 15 is 0 Å². The zero-order chi connectivity index (χ0) is 24.9. The van der Waals surface area contributed by atoms with Gasteiger partial charge in [-0.2, -0.15) is 4.98 Å². The monoisotopic (exact) mass is 498 g/mol. The molecule has 11 heteroatoms. The van der Waals surface area contributed by atoms with E-state index in [1.165, 1.54) is 11.5 Å². The number of aliphatic imine (C=N–C) groups is 1. The number of halogens is 1. The minimum Gasteiger partial charge on any atom is -0.339 e. The maximum Gasteiger partial charge on any atom is 0.332 e. The maximum absolute atomic E-state index is 13.0. The first kappa shape index (κ1) is 24.6. The number of aryl methyl sites for hydroxylation is 1. The topological polar surface area (TPSA) is 124 Å². The smallest absolute Gasteiger partial charge is 0.332 e. The highest BCUT2D eigenvalue weighted by Crippen LogP contribution is 2.24. The first-order valence-electron chi connectivity index (χ1n) is 11.6. The second-order valence-electron chi connectivity index (χ2n) is 8.47. The molecule has 4 rings (SSSR count). The Hall–Kier alpha value is -3.53. The minimum atomic E-state index is -0.369. The van der Waals surface area contributed by atoms with E-state index in [4.69, 9.17) is 16.1 Å². The van der Waals surface area contributed by atoms with Crippen LogP contribution in [0, 0.1) is 0 Å². The molecule has 1 aromatic carbocycles. The van der Waals surface area contributed by atoms with Crippen molar-refractivity contribution in [2.24, 2.45) is 4.99 Å². The Bertz CT molecular complexity index is 1370. The van der Waals surface area contributed by atoms with Crippen molar-refractivity contribution in [1.29, 1.82) is 0 Å². The number of unbranched alkanes of at least 4 members (excludes halogenated alkanes) is 1. The van der Waals surface area contributed by atoms with Gasteiger partial charge in [-0.15, -0.1) is 0 Å². The Morgan fingerprint density at radius 1 is 1.14 bits per heavy atom. The van der Waals surface area contributed by atoms with Gasteiger partial charge in [-0.05, 0) is 30.5 Å². The molecule has 0 radical (unpaired) electrons. The van der Waals surface area contributed by atoms with Gasteiger partial charge in [0.25, 0.3) is 5.56 Å². The fourth-order valence-corrected chi connectivity index (χ4v) is 4.20. The Kier molecular flexibility index (Phi) is 7.60. The standard InChI is InChI=1S/C24H27ClN6O4/c1-3-4-11-30-22-18(14-19(25)27-22)23(33)31(24(30)34)12-5-6-21-28-20(29-35-21)13-16-7-9-17(10-8-16)26-15(2)32/h7-10H,3-6,11-14H2,1-2H3,(H,26,32). The number of nitrogens with one attached hydrogen (secondary N) is 1. The summed E-state index contributed by atoms with van der Waals surface area (Å²) in [6, 6.07) is 7.41. The molecule has 1 amide bonds. The number of amides is 1. The number of hydrogen-bond donors (Lipinski definition) is 1. The van der Waals surface area contributed by atoms with Gasteiger partial charge >= 0.3 is 5.69 Å². The van der Waals surface area contributed by atoms with Crippen molar-refractivity contribution < 1.29 is 9.32 Å². The normalized spacial score (nSPS) is 12.5. The van der Waals surface area contributed by atoms with E-state index in [2.05, 4.69) is 20.4 Å². The van der Waals surface area contributed by atoms with Crippen molar-refractivity contribution in [3.05, 3.63) is 67.9 Å². The predicted molar refractivity (Wildman–Crippen MR) is 133 cm³/mol. The molecule has 10 nitrogen and oxygen atoms in total. The molecule has 3 aromatic rings. The quantitative estimate of drug-likeness (QED) is 0.457. The van der Waals surface area contributed by atoms with Crippen LogP contribution >= 0.6 is 11.6 Å². The van der Waals surface area contributed by atoms with E-state index in [0.29, 0.717) is 54.1 Å². The van der Waals surface area contributed by atoms with Gasteiger partial charge in [-0.3, -0.25) is 18.7 Å². The number of nitrogens with zero attached hydrogens (tertiary/aromatic N) is 5. The van der Waals surface area contributed by atoms with Crippen LogP contribution in [0.4, 0.5) is 11.5 Å². The lowest BCUT2D eigenvalue weighted by Gasteiger charge is -2.13. The molecule has 0 aliphatic carbocycles. The van der Waals surface area contributed by atoms with E-state index in [-0.39, 0.29) is 30.1 Å². The highest BCUT2D eigenvalue weighted by atomic mass is 35.5. The summed E-state index contributed by atoms with van der Waals surface area (Å²) in [5.74, 6) is 1.25. The van der Waals surface area contributed by atoms with Crippen molar-refractivity contribution in [2.75, 3.05) is 5.32 Å². The Labute approximate surface area is 206 Å². The molecular weight excluding hydrogens is 472 g/mol. The van der Waals surface area contributed by atoms with Crippen molar-refractivity contribution in [3.8, 4) is 0 Å². The van der Waals surface area contributed by atoms with Crippen molar-refractivity contribution >= 4 is 34.2 Å². The van der Waals surface area contributed by atoms with E-state index in [1.807, 2.05) is 31.2 Å². The summed E-state index contributed by atoms with van der Waals surface area (Å²) in [5.41, 5.74) is 1.46. The minimum absolute atomic E-state index is 0.125. The number of rotatable bonds is 10. The molecule has 3 heterocycles. The molecule has 1 aliphatic rings. The Balaban J connectivity index is 1.40. The summed E-state index contributed by atoms with van der Waals surface area (Å²) >= 11 is 6.07. The van der Waals surface area contributed by atoms with Gasteiger partial charge in [-0.25, -0.2) is 9.79 Å². The van der Waals surface area contributed by atoms with E-state index in [1.54, 1.807) is 4.57 Å². The van der Waals surface area contributed by atoms with Crippen LogP contribution in [-0.4, -0.2) is 30.4 Å². The number of benzene rings is 1. The fourth-order valence-electron chi connectivity index (χ4n) is 3.99. The highest BCUT2D eigenvalue weighted by molar-refractivity contribution is 6.66. The SMILES string of the molecule is CCCCn1c2c(c(=O)n(CCCc3nc(Cc4ccc(NC(C)=O)cc4)no3)c1=O)CC(Cl)=N2. The molecule has 0 saturated carbocycles. The fraction of sp³-hybridized carbons (Fsp3) is 0.417. The summed E-state index contributed by atoms with van der Waals surface area (Å²) in [7, 11) is 0. The van der Waals surface area contributed by atoms with Crippen LogP contribution in [0.3, 0.4) is 0 Å². The summed E-state index contributed by atoms with van der Waals surface area (Å²) in [5, 5.41) is 7.07.